The van der Waals surface area contributed by atoms with Gasteiger partial charge in [-0.15, -0.1) is 0 Å². The second-order valence-corrected chi connectivity index (χ2v) is 5.10. The molecule has 0 fully saturated rings. The average molecular weight is 264 g/mol. The molecule has 0 heterocycles. The van der Waals surface area contributed by atoms with E-state index in [9.17, 15) is 4.79 Å². The van der Waals surface area contributed by atoms with E-state index in [2.05, 4.69) is 32.2 Å². The Morgan fingerprint density at radius 2 is 2.11 bits per heavy atom. The van der Waals surface area contributed by atoms with Gasteiger partial charge in [-0.25, -0.2) is 5.48 Å². The Morgan fingerprint density at radius 3 is 2.68 bits per heavy atom. The van der Waals surface area contributed by atoms with Crippen molar-refractivity contribution in [3.8, 4) is 0 Å². The van der Waals surface area contributed by atoms with Crippen LogP contribution in [0.3, 0.4) is 0 Å². The number of hydroxylamine groups is 1. The van der Waals surface area contributed by atoms with Crippen LogP contribution in [-0.2, 0) is 4.79 Å². The zero-order valence-electron chi connectivity index (χ0n) is 11.9. The number of nitrogens with one attached hydrogen (secondary N) is 2. The summed E-state index contributed by atoms with van der Waals surface area (Å²) in [6.07, 6.45) is 2.66. The highest BCUT2D eigenvalue weighted by atomic mass is 16.5. The largest absolute Gasteiger partial charge is 0.374 e. The number of amides is 1. The molecule has 0 bridgehead atoms. The van der Waals surface area contributed by atoms with Gasteiger partial charge in [-0.05, 0) is 30.0 Å². The van der Waals surface area contributed by atoms with Gasteiger partial charge in [0.05, 0.1) is 0 Å². The number of hydrogen-bond acceptors (Lipinski definition) is 3. The Balaban J connectivity index is 2.77. The zero-order valence-corrected chi connectivity index (χ0v) is 11.9. The summed E-state index contributed by atoms with van der Waals surface area (Å²) >= 11 is 0. The minimum absolute atomic E-state index is 0.386. The predicted molar refractivity (Wildman–Crippen MR) is 77.4 cm³/mol. The molecule has 1 aromatic rings. The summed E-state index contributed by atoms with van der Waals surface area (Å²) < 4.78 is 0. The summed E-state index contributed by atoms with van der Waals surface area (Å²) in [5.41, 5.74) is 3.87. The van der Waals surface area contributed by atoms with Crippen molar-refractivity contribution in [2.24, 2.45) is 0 Å². The van der Waals surface area contributed by atoms with Gasteiger partial charge in [0, 0.05) is 5.69 Å². The fourth-order valence-corrected chi connectivity index (χ4v) is 1.94. The highest BCUT2D eigenvalue weighted by Gasteiger charge is 2.17. The average Bonchev–Trinajstić information content (AvgIpc) is 2.42. The fraction of sp³-hybridized carbons (Fsp3) is 0.533. The standard InChI is InChI=1S/C15H24N2O2/c1-4-5-9-14(15(18)17-19)16-13-8-6-7-12(10-13)11(2)3/h6-8,10-11,14,16,19H,4-5,9H2,1-3H3,(H,17,18). The molecule has 1 aromatic carbocycles. The molecule has 4 nitrogen and oxygen atoms in total. The zero-order chi connectivity index (χ0) is 14.3. The number of anilines is 1. The number of rotatable bonds is 7. The molecule has 0 aliphatic heterocycles. The summed E-state index contributed by atoms with van der Waals surface area (Å²) in [4.78, 5) is 11.6. The van der Waals surface area contributed by atoms with E-state index in [1.807, 2.05) is 18.2 Å². The lowest BCUT2D eigenvalue weighted by molar-refractivity contribution is -0.130. The number of benzene rings is 1. The van der Waals surface area contributed by atoms with E-state index in [0.29, 0.717) is 12.3 Å². The smallest absolute Gasteiger partial charge is 0.265 e. The molecule has 1 atom stereocenters. The molecule has 106 valence electrons. The van der Waals surface area contributed by atoms with E-state index < -0.39 is 6.04 Å². The van der Waals surface area contributed by atoms with Crippen LogP contribution in [0.2, 0.25) is 0 Å². The highest BCUT2D eigenvalue weighted by Crippen LogP contribution is 2.19. The predicted octanol–water partition coefficient (Wildman–Crippen LogP) is 3.29. The minimum atomic E-state index is -0.396. The van der Waals surface area contributed by atoms with Crippen molar-refractivity contribution in [3.63, 3.8) is 0 Å². The van der Waals surface area contributed by atoms with E-state index in [4.69, 9.17) is 5.21 Å². The molecule has 0 saturated heterocycles. The molecule has 0 aliphatic rings. The van der Waals surface area contributed by atoms with E-state index in [1.54, 1.807) is 5.48 Å². The lowest BCUT2D eigenvalue weighted by Gasteiger charge is -2.18. The van der Waals surface area contributed by atoms with Crippen molar-refractivity contribution >= 4 is 11.6 Å². The van der Waals surface area contributed by atoms with Crippen LogP contribution < -0.4 is 10.8 Å². The van der Waals surface area contributed by atoms with Crippen molar-refractivity contribution in [1.29, 1.82) is 0 Å². The molecule has 0 spiro atoms. The van der Waals surface area contributed by atoms with Gasteiger partial charge in [-0.1, -0.05) is 45.7 Å². The molecule has 3 N–H and O–H groups in total. The first-order valence-corrected chi connectivity index (χ1v) is 6.89. The van der Waals surface area contributed by atoms with Crippen LogP contribution >= 0.6 is 0 Å². The fourth-order valence-electron chi connectivity index (χ4n) is 1.94. The lowest BCUT2D eigenvalue weighted by Crippen LogP contribution is -2.38. The van der Waals surface area contributed by atoms with E-state index >= 15 is 0 Å². The van der Waals surface area contributed by atoms with Crippen molar-refractivity contribution in [2.75, 3.05) is 5.32 Å². The highest BCUT2D eigenvalue weighted by molar-refractivity contribution is 5.83. The molecular formula is C15H24N2O2. The summed E-state index contributed by atoms with van der Waals surface area (Å²) in [6.45, 7) is 6.34. The molecule has 4 heteroatoms. The second-order valence-electron chi connectivity index (χ2n) is 5.10. The van der Waals surface area contributed by atoms with Crippen LogP contribution in [0.25, 0.3) is 0 Å². The third-order valence-corrected chi connectivity index (χ3v) is 3.17. The number of unbranched alkanes of at least 4 members (excludes halogenated alkanes) is 1. The molecule has 0 saturated carbocycles. The Kier molecular flexibility index (Phi) is 6.36. The van der Waals surface area contributed by atoms with Gasteiger partial charge in [0.25, 0.3) is 5.91 Å². The van der Waals surface area contributed by atoms with Crippen LogP contribution in [0.1, 0.15) is 51.5 Å². The van der Waals surface area contributed by atoms with Crippen LogP contribution in [0.5, 0.6) is 0 Å². The second kappa shape index (κ2) is 7.79. The van der Waals surface area contributed by atoms with Gasteiger partial charge in [0.2, 0.25) is 0 Å². The van der Waals surface area contributed by atoms with Gasteiger partial charge >= 0.3 is 0 Å². The Bertz CT molecular complexity index is 405. The van der Waals surface area contributed by atoms with Gasteiger partial charge < -0.3 is 5.32 Å². The van der Waals surface area contributed by atoms with E-state index in [1.165, 1.54) is 5.56 Å². The molecule has 1 rings (SSSR count). The van der Waals surface area contributed by atoms with Crippen LogP contribution in [0, 0.1) is 0 Å². The van der Waals surface area contributed by atoms with Crippen LogP contribution in [0.15, 0.2) is 24.3 Å². The Morgan fingerprint density at radius 1 is 1.37 bits per heavy atom. The third kappa shape index (κ3) is 4.91. The van der Waals surface area contributed by atoms with Crippen LogP contribution in [-0.4, -0.2) is 17.2 Å². The molecule has 1 amide bonds. The molecule has 0 aromatic heterocycles. The summed E-state index contributed by atoms with van der Waals surface area (Å²) in [5, 5.41) is 12.0. The molecular weight excluding hydrogens is 240 g/mol. The molecule has 0 aliphatic carbocycles. The maximum absolute atomic E-state index is 11.6. The molecule has 1 unspecified atom stereocenters. The maximum Gasteiger partial charge on any atom is 0.265 e. The third-order valence-electron chi connectivity index (χ3n) is 3.17. The van der Waals surface area contributed by atoms with Gasteiger partial charge in [0.1, 0.15) is 6.04 Å². The minimum Gasteiger partial charge on any atom is -0.374 e. The molecule has 19 heavy (non-hydrogen) atoms. The van der Waals surface area contributed by atoms with E-state index in [0.717, 1.165) is 18.5 Å². The summed E-state index contributed by atoms with van der Waals surface area (Å²) in [7, 11) is 0. The number of carbonyl (C=O) groups is 1. The van der Waals surface area contributed by atoms with Crippen molar-refractivity contribution in [3.05, 3.63) is 29.8 Å². The van der Waals surface area contributed by atoms with Gasteiger partial charge in [0.15, 0.2) is 0 Å². The SMILES string of the molecule is CCCCC(Nc1cccc(C(C)C)c1)C(=O)NO. The van der Waals surface area contributed by atoms with Gasteiger partial charge in [-0.2, -0.15) is 0 Å². The topological polar surface area (TPSA) is 61.4 Å². The monoisotopic (exact) mass is 264 g/mol. The van der Waals surface area contributed by atoms with Crippen molar-refractivity contribution < 1.29 is 10.0 Å². The van der Waals surface area contributed by atoms with E-state index in [-0.39, 0.29) is 5.91 Å². The lowest BCUT2D eigenvalue weighted by atomic mass is 10.0. The first kappa shape index (κ1) is 15.5. The van der Waals surface area contributed by atoms with Crippen molar-refractivity contribution in [2.45, 2.75) is 52.0 Å². The number of hydrogen-bond donors (Lipinski definition) is 3. The maximum atomic E-state index is 11.6. The Labute approximate surface area is 115 Å². The first-order chi connectivity index (χ1) is 9.08. The molecule has 0 radical (unpaired) electrons. The van der Waals surface area contributed by atoms with Crippen molar-refractivity contribution in [1.82, 2.24) is 5.48 Å². The van der Waals surface area contributed by atoms with Crippen LogP contribution in [0.4, 0.5) is 5.69 Å². The Hall–Kier alpha value is -1.55. The van der Waals surface area contributed by atoms with Gasteiger partial charge in [-0.3, -0.25) is 10.0 Å². The summed E-state index contributed by atoms with van der Waals surface area (Å²) in [6, 6.07) is 7.64. The first-order valence-electron chi connectivity index (χ1n) is 6.89. The number of carbonyl (C=O) groups excluding carboxylic acids is 1. The quantitative estimate of drug-likeness (QED) is 0.523. The normalized spacial score (nSPS) is 12.3. The summed E-state index contributed by atoms with van der Waals surface area (Å²) in [5.74, 6) is 0.0610.